The van der Waals surface area contributed by atoms with E-state index in [1.807, 2.05) is 6.07 Å². The molecular formula is C14H8ClF2NO. The van der Waals surface area contributed by atoms with Crippen LogP contribution in [-0.2, 0) is 6.61 Å². The quantitative estimate of drug-likeness (QED) is 0.848. The van der Waals surface area contributed by atoms with Crippen molar-refractivity contribution >= 4 is 11.6 Å². The minimum atomic E-state index is -0.667. The van der Waals surface area contributed by atoms with E-state index < -0.39 is 11.6 Å². The minimum absolute atomic E-state index is 0.0473. The predicted molar refractivity (Wildman–Crippen MR) is 66.9 cm³/mol. The molecule has 0 N–H and O–H groups in total. The average Bonchev–Trinajstić information content (AvgIpc) is 2.38. The molecule has 5 heteroatoms. The molecule has 0 unspecified atom stereocenters. The van der Waals surface area contributed by atoms with Crippen LogP contribution in [0.1, 0.15) is 11.1 Å². The molecule has 0 radical (unpaired) electrons. The fourth-order valence-corrected chi connectivity index (χ4v) is 1.69. The Kier molecular flexibility index (Phi) is 3.98. The van der Waals surface area contributed by atoms with Gasteiger partial charge in [0.15, 0.2) is 0 Å². The van der Waals surface area contributed by atoms with Gasteiger partial charge in [0, 0.05) is 17.7 Å². The Morgan fingerprint density at radius 2 is 1.95 bits per heavy atom. The van der Waals surface area contributed by atoms with Gasteiger partial charge in [0.05, 0.1) is 10.6 Å². The summed E-state index contributed by atoms with van der Waals surface area (Å²) in [5, 5.41) is 8.98. The normalized spacial score (nSPS) is 10.0. The van der Waals surface area contributed by atoms with Gasteiger partial charge in [0.25, 0.3) is 0 Å². The second-order valence-corrected chi connectivity index (χ2v) is 4.19. The van der Waals surface area contributed by atoms with Crippen LogP contribution in [-0.4, -0.2) is 0 Å². The highest BCUT2D eigenvalue weighted by atomic mass is 35.5. The molecule has 0 heterocycles. The van der Waals surface area contributed by atoms with E-state index in [0.717, 1.165) is 12.1 Å². The van der Waals surface area contributed by atoms with E-state index in [0.29, 0.717) is 11.3 Å². The van der Waals surface area contributed by atoms with Crippen molar-refractivity contribution in [3.63, 3.8) is 0 Å². The summed E-state index contributed by atoms with van der Waals surface area (Å²) in [6.45, 7) is -0.0473. The summed E-state index contributed by atoms with van der Waals surface area (Å²) in [5.74, 6) is -0.893. The zero-order chi connectivity index (χ0) is 13.8. The Bertz CT molecular complexity index is 652. The van der Waals surface area contributed by atoms with Crippen molar-refractivity contribution in [3.05, 3.63) is 64.2 Å². The maximum absolute atomic E-state index is 13.4. The number of benzene rings is 2. The van der Waals surface area contributed by atoms with Crippen LogP contribution in [0.3, 0.4) is 0 Å². The number of nitriles is 1. The fourth-order valence-electron chi connectivity index (χ4n) is 1.48. The van der Waals surface area contributed by atoms with Crippen molar-refractivity contribution in [2.45, 2.75) is 6.61 Å². The summed E-state index contributed by atoms with van der Waals surface area (Å²) >= 11 is 5.84. The fraction of sp³-hybridized carbons (Fsp3) is 0.0714. The van der Waals surface area contributed by atoms with Gasteiger partial charge in [0.2, 0.25) is 0 Å². The first-order chi connectivity index (χ1) is 9.10. The lowest BCUT2D eigenvalue weighted by Crippen LogP contribution is -1.99. The Balaban J connectivity index is 2.10. The van der Waals surface area contributed by atoms with Gasteiger partial charge in [-0.1, -0.05) is 11.6 Å². The van der Waals surface area contributed by atoms with E-state index in [4.69, 9.17) is 21.6 Å². The average molecular weight is 280 g/mol. The predicted octanol–water partition coefficient (Wildman–Crippen LogP) is 4.07. The van der Waals surface area contributed by atoms with Crippen LogP contribution in [0.15, 0.2) is 36.4 Å². The Morgan fingerprint density at radius 3 is 2.58 bits per heavy atom. The smallest absolute Gasteiger partial charge is 0.132 e. The molecule has 2 aromatic carbocycles. The van der Waals surface area contributed by atoms with Gasteiger partial charge in [-0.15, -0.1) is 0 Å². The summed E-state index contributed by atoms with van der Waals surface area (Å²) < 4.78 is 31.4. The molecule has 0 aliphatic carbocycles. The van der Waals surface area contributed by atoms with Crippen LogP contribution in [0.25, 0.3) is 0 Å². The standard InChI is InChI=1S/C14H8ClF2NO/c15-13-6-12(4-2-9(13)7-18)19-8-10-1-3-11(16)5-14(10)17/h1-6H,8H2. The third-order valence-corrected chi connectivity index (χ3v) is 2.78. The second-order valence-electron chi connectivity index (χ2n) is 3.78. The number of hydrogen-bond acceptors (Lipinski definition) is 2. The van der Waals surface area contributed by atoms with Crippen molar-refractivity contribution in [1.82, 2.24) is 0 Å². The summed E-state index contributed by atoms with van der Waals surface area (Å²) in [4.78, 5) is 0. The molecular weight excluding hydrogens is 272 g/mol. The van der Waals surface area contributed by atoms with E-state index in [-0.39, 0.29) is 17.2 Å². The van der Waals surface area contributed by atoms with E-state index in [1.54, 1.807) is 6.07 Å². The molecule has 0 saturated heterocycles. The Morgan fingerprint density at radius 1 is 1.16 bits per heavy atom. The SMILES string of the molecule is N#Cc1ccc(OCc2ccc(F)cc2F)cc1Cl. The lowest BCUT2D eigenvalue weighted by atomic mass is 10.2. The van der Waals surface area contributed by atoms with Crippen molar-refractivity contribution in [3.8, 4) is 11.8 Å². The number of hydrogen-bond donors (Lipinski definition) is 0. The molecule has 0 amide bonds. The van der Waals surface area contributed by atoms with Gasteiger partial charge in [-0.05, 0) is 24.3 Å². The molecule has 2 rings (SSSR count). The summed E-state index contributed by atoms with van der Waals surface area (Å²) in [6, 6.07) is 9.74. The monoisotopic (exact) mass is 279 g/mol. The first-order valence-electron chi connectivity index (χ1n) is 5.36. The molecule has 19 heavy (non-hydrogen) atoms. The van der Waals surface area contributed by atoms with Crippen LogP contribution in [0.2, 0.25) is 5.02 Å². The van der Waals surface area contributed by atoms with E-state index in [1.165, 1.54) is 18.2 Å². The number of halogens is 3. The van der Waals surface area contributed by atoms with Crippen LogP contribution < -0.4 is 4.74 Å². The summed E-state index contributed by atoms with van der Waals surface area (Å²) in [7, 11) is 0. The minimum Gasteiger partial charge on any atom is -0.489 e. The summed E-state index contributed by atoms with van der Waals surface area (Å²) in [5.41, 5.74) is 0.573. The van der Waals surface area contributed by atoms with Gasteiger partial charge in [-0.2, -0.15) is 5.26 Å². The highest BCUT2D eigenvalue weighted by Gasteiger charge is 2.06. The maximum Gasteiger partial charge on any atom is 0.132 e. The number of nitrogens with zero attached hydrogens (tertiary/aromatic N) is 1. The largest absolute Gasteiger partial charge is 0.489 e. The third-order valence-electron chi connectivity index (χ3n) is 2.47. The van der Waals surface area contributed by atoms with E-state index in [2.05, 4.69) is 0 Å². The molecule has 0 saturated carbocycles. The van der Waals surface area contributed by atoms with Gasteiger partial charge in [0.1, 0.15) is 30.1 Å². The Hall–Kier alpha value is -2.12. The molecule has 0 aromatic heterocycles. The molecule has 0 aliphatic heterocycles. The van der Waals surface area contributed by atoms with E-state index in [9.17, 15) is 8.78 Å². The Labute approximate surface area is 113 Å². The van der Waals surface area contributed by atoms with Gasteiger partial charge in [-0.25, -0.2) is 8.78 Å². The number of rotatable bonds is 3. The van der Waals surface area contributed by atoms with Crippen molar-refractivity contribution < 1.29 is 13.5 Å². The molecule has 0 fully saturated rings. The van der Waals surface area contributed by atoms with Gasteiger partial charge in [-0.3, -0.25) is 0 Å². The van der Waals surface area contributed by atoms with E-state index >= 15 is 0 Å². The van der Waals surface area contributed by atoms with Crippen molar-refractivity contribution in [1.29, 1.82) is 5.26 Å². The van der Waals surface area contributed by atoms with Crippen molar-refractivity contribution in [2.75, 3.05) is 0 Å². The highest BCUT2D eigenvalue weighted by molar-refractivity contribution is 6.31. The highest BCUT2D eigenvalue weighted by Crippen LogP contribution is 2.23. The molecule has 0 atom stereocenters. The van der Waals surface area contributed by atoms with Gasteiger partial charge < -0.3 is 4.74 Å². The molecule has 0 aliphatic rings. The third kappa shape index (κ3) is 3.21. The van der Waals surface area contributed by atoms with Crippen molar-refractivity contribution in [2.24, 2.45) is 0 Å². The van der Waals surface area contributed by atoms with Crippen LogP contribution in [0.5, 0.6) is 5.75 Å². The maximum atomic E-state index is 13.4. The zero-order valence-electron chi connectivity index (χ0n) is 9.66. The topological polar surface area (TPSA) is 33.0 Å². The second kappa shape index (κ2) is 5.68. The summed E-state index contributed by atoms with van der Waals surface area (Å²) in [6.07, 6.45) is 0. The lowest BCUT2D eigenvalue weighted by molar-refractivity contribution is 0.299. The lowest BCUT2D eigenvalue weighted by Gasteiger charge is -2.08. The van der Waals surface area contributed by atoms with Crippen LogP contribution in [0, 0.1) is 23.0 Å². The zero-order valence-corrected chi connectivity index (χ0v) is 10.4. The molecule has 2 aromatic rings. The molecule has 2 nitrogen and oxygen atoms in total. The van der Waals surface area contributed by atoms with Gasteiger partial charge >= 0.3 is 0 Å². The molecule has 0 bridgehead atoms. The van der Waals surface area contributed by atoms with Crippen LogP contribution >= 0.6 is 11.6 Å². The first kappa shape index (κ1) is 13.3. The first-order valence-corrected chi connectivity index (χ1v) is 5.74. The molecule has 96 valence electrons. The van der Waals surface area contributed by atoms with Crippen LogP contribution in [0.4, 0.5) is 8.78 Å². The number of ether oxygens (including phenoxy) is 1. The molecule has 0 spiro atoms.